The summed E-state index contributed by atoms with van der Waals surface area (Å²) in [6.45, 7) is 7.86. The number of rotatable bonds is 8. The highest BCUT2D eigenvalue weighted by molar-refractivity contribution is 7.80. The van der Waals surface area contributed by atoms with Gasteiger partial charge in [-0.25, -0.2) is 9.97 Å². The lowest BCUT2D eigenvalue weighted by Gasteiger charge is -2.37. The van der Waals surface area contributed by atoms with Gasteiger partial charge in [0.2, 0.25) is 0 Å². The zero-order valence-corrected chi connectivity index (χ0v) is 22.3. The number of pyridine rings is 1. The molecule has 2 aromatic heterocycles. The van der Waals surface area contributed by atoms with Crippen molar-refractivity contribution in [1.82, 2.24) is 30.1 Å². The van der Waals surface area contributed by atoms with Crippen molar-refractivity contribution < 1.29 is 9.47 Å². The van der Waals surface area contributed by atoms with Gasteiger partial charge in [-0.3, -0.25) is 9.88 Å². The van der Waals surface area contributed by atoms with Gasteiger partial charge in [0.15, 0.2) is 16.6 Å². The lowest BCUT2D eigenvalue weighted by atomic mass is 10.1. The van der Waals surface area contributed by atoms with Crippen molar-refractivity contribution in [2.75, 3.05) is 64.4 Å². The molecule has 0 atom stereocenters. The van der Waals surface area contributed by atoms with Gasteiger partial charge >= 0.3 is 0 Å². The van der Waals surface area contributed by atoms with Gasteiger partial charge in [0, 0.05) is 63.1 Å². The van der Waals surface area contributed by atoms with E-state index in [-0.39, 0.29) is 0 Å². The van der Waals surface area contributed by atoms with Crippen molar-refractivity contribution in [2.45, 2.75) is 25.8 Å². The molecule has 1 N–H and O–H groups in total. The first kappa shape index (κ1) is 25.4. The summed E-state index contributed by atoms with van der Waals surface area (Å²) in [5, 5.41) is 5.11. The highest BCUT2D eigenvalue weighted by Crippen LogP contribution is 2.35. The Kier molecular flexibility index (Phi) is 8.47. The minimum Gasteiger partial charge on any atom is -0.493 e. The molecule has 1 aromatic carbocycles. The molecule has 0 spiro atoms. The molecule has 2 fully saturated rings. The van der Waals surface area contributed by atoms with Crippen LogP contribution in [0.2, 0.25) is 0 Å². The van der Waals surface area contributed by atoms with E-state index in [1.54, 1.807) is 25.8 Å². The predicted molar refractivity (Wildman–Crippen MR) is 149 cm³/mol. The third kappa shape index (κ3) is 6.37. The second-order valence-electron chi connectivity index (χ2n) is 9.46. The number of ether oxygens (including phenoxy) is 2. The topological polar surface area (TPSA) is 78.9 Å². The van der Waals surface area contributed by atoms with Crippen LogP contribution in [0, 0.1) is 0 Å². The molecule has 2 aliphatic heterocycles. The normalized spacial score (nSPS) is 16.6. The van der Waals surface area contributed by atoms with Crippen LogP contribution in [0.5, 0.6) is 11.5 Å². The number of fused-ring (bicyclic) bond motifs is 1. The molecule has 196 valence electrons. The molecule has 9 nitrogen and oxygen atoms in total. The van der Waals surface area contributed by atoms with Gasteiger partial charge in [-0.15, -0.1) is 0 Å². The third-order valence-electron chi connectivity index (χ3n) is 7.07. The second-order valence-corrected chi connectivity index (χ2v) is 9.84. The third-order valence-corrected chi connectivity index (χ3v) is 7.48. The van der Waals surface area contributed by atoms with Crippen LogP contribution in [0.3, 0.4) is 0 Å². The summed E-state index contributed by atoms with van der Waals surface area (Å²) >= 11 is 5.65. The Labute approximate surface area is 223 Å². The first-order valence-electron chi connectivity index (χ1n) is 13.1. The average Bonchev–Trinajstić information content (AvgIpc) is 2.96. The number of aromatic nitrogens is 3. The van der Waals surface area contributed by atoms with Crippen molar-refractivity contribution in [2.24, 2.45) is 0 Å². The van der Waals surface area contributed by atoms with Gasteiger partial charge in [0.05, 0.1) is 12.6 Å². The quantitative estimate of drug-likeness (QED) is 0.447. The molecule has 0 bridgehead atoms. The zero-order chi connectivity index (χ0) is 25.5. The molecule has 2 saturated heterocycles. The van der Waals surface area contributed by atoms with Gasteiger partial charge in [-0.05, 0) is 61.9 Å². The molecule has 3 aromatic rings. The van der Waals surface area contributed by atoms with E-state index in [0.29, 0.717) is 18.9 Å². The number of thiocarbonyl (C=S) groups is 1. The Morgan fingerprint density at radius 3 is 2.51 bits per heavy atom. The molecule has 2 aliphatic rings. The largest absolute Gasteiger partial charge is 0.493 e. The zero-order valence-electron chi connectivity index (χ0n) is 21.4. The van der Waals surface area contributed by atoms with Crippen molar-refractivity contribution in [3.63, 3.8) is 0 Å². The van der Waals surface area contributed by atoms with Crippen molar-refractivity contribution in [1.29, 1.82) is 0 Å². The number of piperidine rings is 1. The number of hydrogen-bond donors (Lipinski definition) is 1. The molecule has 10 heteroatoms. The molecule has 37 heavy (non-hydrogen) atoms. The number of piperazine rings is 1. The Morgan fingerprint density at radius 1 is 0.973 bits per heavy atom. The SMILES string of the molecule is COc1cc2c(N3CCN(C(=S)NCc4ccncc4)CC3)ncnc2cc1OCCN1CCCCC1. The highest BCUT2D eigenvalue weighted by atomic mass is 32.1. The molecule has 0 amide bonds. The number of nitrogens with zero attached hydrogens (tertiary/aromatic N) is 6. The Bertz CT molecular complexity index is 1180. The van der Waals surface area contributed by atoms with Crippen LogP contribution in [-0.4, -0.2) is 89.4 Å². The molecule has 5 rings (SSSR count). The highest BCUT2D eigenvalue weighted by Gasteiger charge is 2.22. The Balaban J connectivity index is 1.21. The lowest BCUT2D eigenvalue weighted by molar-refractivity contribution is 0.181. The maximum atomic E-state index is 6.15. The van der Waals surface area contributed by atoms with Gasteiger partial charge in [0.1, 0.15) is 18.8 Å². The molecule has 0 aliphatic carbocycles. The van der Waals surface area contributed by atoms with Gasteiger partial charge < -0.3 is 24.6 Å². The van der Waals surface area contributed by atoms with E-state index in [4.69, 9.17) is 21.7 Å². The van der Waals surface area contributed by atoms with Crippen LogP contribution >= 0.6 is 12.2 Å². The maximum Gasteiger partial charge on any atom is 0.169 e. The summed E-state index contributed by atoms with van der Waals surface area (Å²) in [6, 6.07) is 7.97. The number of anilines is 1. The predicted octanol–water partition coefficient (Wildman–Crippen LogP) is 3.09. The smallest absolute Gasteiger partial charge is 0.169 e. The minimum atomic E-state index is 0.636. The fourth-order valence-corrected chi connectivity index (χ4v) is 5.21. The number of likely N-dealkylation sites (tertiary alicyclic amines) is 1. The molecular formula is C27H35N7O2S. The minimum absolute atomic E-state index is 0.636. The van der Waals surface area contributed by atoms with E-state index in [2.05, 4.69) is 35.0 Å². The molecule has 0 radical (unpaired) electrons. The maximum absolute atomic E-state index is 6.15. The average molecular weight is 522 g/mol. The first-order chi connectivity index (χ1) is 18.2. The fraction of sp³-hybridized carbons (Fsp3) is 0.481. The number of hydrogen-bond acceptors (Lipinski definition) is 8. The lowest BCUT2D eigenvalue weighted by Crippen LogP contribution is -2.51. The van der Waals surface area contributed by atoms with Crippen molar-refractivity contribution in [3.05, 3.63) is 48.5 Å². The summed E-state index contributed by atoms with van der Waals surface area (Å²) in [4.78, 5) is 20.2. The summed E-state index contributed by atoms with van der Waals surface area (Å²) in [5.41, 5.74) is 2.02. The summed E-state index contributed by atoms with van der Waals surface area (Å²) in [6.07, 6.45) is 9.12. The Hall–Kier alpha value is -3.24. The standard InChI is InChI=1S/C27H35N7O2S/c1-35-24-17-22-23(18-25(24)36-16-15-32-9-3-2-4-10-32)30-20-31-26(22)33-11-13-34(14-12-33)27(37)29-19-21-5-7-28-8-6-21/h5-8,17-18,20H,2-4,9-16,19H2,1H3,(H,29,37). The van der Waals surface area contributed by atoms with Crippen LogP contribution in [0.1, 0.15) is 24.8 Å². The van der Waals surface area contributed by atoms with E-state index in [1.165, 1.54) is 19.3 Å². The van der Waals surface area contributed by atoms with E-state index in [0.717, 1.165) is 79.0 Å². The van der Waals surface area contributed by atoms with Gasteiger partial charge in [-0.1, -0.05) is 6.42 Å². The van der Waals surface area contributed by atoms with Crippen molar-refractivity contribution in [3.8, 4) is 11.5 Å². The van der Waals surface area contributed by atoms with E-state index < -0.39 is 0 Å². The van der Waals surface area contributed by atoms with Gasteiger partial charge in [0.25, 0.3) is 0 Å². The molecular weight excluding hydrogens is 486 g/mol. The second kappa shape index (κ2) is 12.3. The number of nitrogens with one attached hydrogen (secondary N) is 1. The van der Waals surface area contributed by atoms with Crippen LogP contribution in [0.4, 0.5) is 5.82 Å². The van der Waals surface area contributed by atoms with Crippen LogP contribution in [0.15, 0.2) is 43.0 Å². The summed E-state index contributed by atoms with van der Waals surface area (Å²) in [5.74, 6) is 2.35. The van der Waals surface area contributed by atoms with E-state index in [9.17, 15) is 0 Å². The summed E-state index contributed by atoms with van der Waals surface area (Å²) < 4.78 is 11.8. The van der Waals surface area contributed by atoms with Crippen LogP contribution in [0.25, 0.3) is 10.9 Å². The van der Waals surface area contributed by atoms with Crippen LogP contribution in [-0.2, 0) is 6.54 Å². The monoisotopic (exact) mass is 521 g/mol. The molecule has 0 unspecified atom stereocenters. The van der Waals surface area contributed by atoms with E-state index >= 15 is 0 Å². The van der Waals surface area contributed by atoms with Crippen molar-refractivity contribution >= 4 is 34.1 Å². The molecule has 0 saturated carbocycles. The van der Waals surface area contributed by atoms with Gasteiger partial charge in [-0.2, -0.15) is 0 Å². The fourth-order valence-electron chi connectivity index (χ4n) is 4.95. The number of methoxy groups -OCH3 is 1. The number of benzene rings is 1. The Morgan fingerprint density at radius 2 is 1.76 bits per heavy atom. The summed E-state index contributed by atoms with van der Waals surface area (Å²) in [7, 11) is 1.68. The van der Waals surface area contributed by atoms with E-state index in [1.807, 2.05) is 24.3 Å². The first-order valence-corrected chi connectivity index (χ1v) is 13.5. The van der Waals surface area contributed by atoms with Crippen LogP contribution < -0.4 is 19.7 Å². The molecule has 4 heterocycles.